The van der Waals surface area contributed by atoms with E-state index in [0.29, 0.717) is 0 Å². The molecule has 1 aromatic rings. The fraction of sp³-hybridized carbons (Fsp3) is 0.182. The monoisotopic (exact) mass is 212 g/mol. The van der Waals surface area contributed by atoms with E-state index in [1.54, 1.807) is 6.92 Å². The molecule has 4 heteroatoms. The van der Waals surface area contributed by atoms with Gasteiger partial charge in [-0.15, -0.1) is 0 Å². The van der Waals surface area contributed by atoms with Crippen LogP contribution in [0.3, 0.4) is 0 Å². The van der Waals surface area contributed by atoms with Crippen LogP contribution in [-0.2, 0) is 4.79 Å². The molecule has 0 spiro atoms. The molecule has 1 rings (SSSR count). The first-order valence-corrected chi connectivity index (χ1v) is 4.44. The molecule has 0 aliphatic rings. The minimum Gasteiger partial charge on any atom is -0.478 e. The van der Waals surface area contributed by atoms with Gasteiger partial charge >= 0.3 is 5.97 Å². The second kappa shape index (κ2) is 4.68. The first-order valence-electron chi connectivity index (χ1n) is 4.44. The van der Waals surface area contributed by atoms with Crippen molar-refractivity contribution in [1.29, 1.82) is 0 Å². The maximum Gasteiger partial charge on any atom is 0.331 e. The number of hydrogen-bond donors (Lipinski definition) is 1. The highest BCUT2D eigenvalue weighted by molar-refractivity contribution is 5.92. The predicted octanol–water partition coefficient (Wildman–Crippen LogP) is 2.84. The van der Waals surface area contributed by atoms with Gasteiger partial charge in [0.2, 0.25) is 0 Å². The number of carboxylic acids is 1. The molecule has 1 N–H and O–H groups in total. The molecule has 0 amide bonds. The molecule has 0 aliphatic heterocycles. The van der Waals surface area contributed by atoms with Crippen molar-refractivity contribution in [2.75, 3.05) is 0 Å². The highest BCUT2D eigenvalue weighted by atomic mass is 19.1. The Morgan fingerprint density at radius 2 is 1.93 bits per heavy atom. The molecule has 0 bridgehead atoms. The SMILES string of the molecule is CC/C(=C\c1c(F)cccc1F)C(=O)O. The van der Waals surface area contributed by atoms with Crippen molar-refractivity contribution < 1.29 is 18.7 Å². The van der Waals surface area contributed by atoms with Crippen molar-refractivity contribution in [2.45, 2.75) is 13.3 Å². The van der Waals surface area contributed by atoms with Crippen molar-refractivity contribution in [3.05, 3.63) is 41.0 Å². The van der Waals surface area contributed by atoms with E-state index in [1.165, 1.54) is 6.07 Å². The smallest absolute Gasteiger partial charge is 0.331 e. The number of carboxylic acid groups (broad SMARTS) is 1. The van der Waals surface area contributed by atoms with Gasteiger partial charge in [0.15, 0.2) is 0 Å². The van der Waals surface area contributed by atoms with E-state index >= 15 is 0 Å². The summed E-state index contributed by atoms with van der Waals surface area (Å²) in [5.41, 5.74) is -0.337. The molecule has 2 nitrogen and oxygen atoms in total. The lowest BCUT2D eigenvalue weighted by Gasteiger charge is -2.01. The molecule has 0 saturated carbocycles. The molecule has 0 aliphatic carbocycles. The van der Waals surface area contributed by atoms with Crippen LogP contribution in [0.25, 0.3) is 6.08 Å². The zero-order valence-corrected chi connectivity index (χ0v) is 8.13. The van der Waals surface area contributed by atoms with Crippen LogP contribution in [0.15, 0.2) is 23.8 Å². The zero-order valence-electron chi connectivity index (χ0n) is 8.13. The Hall–Kier alpha value is -1.71. The van der Waals surface area contributed by atoms with Crippen molar-refractivity contribution in [1.82, 2.24) is 0 Å². The standard InChI is InChI=1S/C11H10F2O2/c1-2-7(11(14)15)6-8-9(12)4-3-5-10(8)13/h3-6H,2H2,1H3,(H,14,15)/b7-6+. The fourth-order valence-electron chi connectivity index (χ4n) is 1.14. The van der Waals surface area contributed by atoms with Crippen LogP contribution in [0.2, 0.25) is 0 Å². The average molecular weight is 212 g/mol. The van der Waals surface area contributed by atoms with Crippen LogP contribution >= 0.6 is 0 Å². The number of rotatable bonds is 3. The maximum atomic E-state index is 13.1. The third-order valence-corrected chi connectivity index (χ3v) is 1.97. The van der Waals surface area contributed by atoms with Gasteiger partial charge in [-0.1, -0.05) is 13.0 Å². The third kappa shape index (κ3) is 2.62. The minimum absolute atomic E-state index is 0.0287. The third-order valence-electron chi connectivity index (χ3n) is 1.97. The Labute approximate surface area is 85.9 Å². The van der Waals surface area contributed by atoms with Crippen LogP contribution in [0.4, 0.5) is 8.78 Å². The molecule has 0 saturated heterocycles. The van der Waals surface area contributed by atoms with Crippen LogP contribution in [0.1, 0.15) is 18.9 Å². The fourth-order valence-corrected chi connectivity index (χ4v) is 1.14. The molecule has 0 aromatic heterocycles. The predicted molar refractivity (Wildman–Crippen MR) is 52.3 cm³/mol. The van der Waals surface area contributed by atoms with Gasteiger partial charge in [0.05, 0.1) is 0 Å². The molecular weight excluding hydrogens is 202 g/mol. The van der Waals surface area contributed by atoms with Gasteiger partial charge in [0, 0.05) is 11.1 Å². The molecule has 0 heterocycles. The van der Waals surface area contributed by atoms with E-state index in [9.17, 15) is 13.6 Å². The van der Waals surface area contributed by atoms with E-state index in [1.807, 2.05) is 0 Å². The maximum absolute atomic E-state index is 13.1. The van der Waals surface area contributed by atoms with E-state index in [0.717, 1.165) is 18.2 Å². The van der Waals surface area contributed by atoms with E-state index in [4.69, 9.17) is 5.11 Å². The Morgan fingerprint density at radius 3 is 2.33 bits per heavy atom. The molecule has 15 heavy (non-hydrogen) atoms. The Balaban J connectivity index is 3.22. The number of hydrogen-bond acceptors (Lipinski definition) is 1. The van der Waals surface area contributed by atoms with Crippen molar-refractivity contribution in [2.24, 2.45) is 0 Å². The lowest BCUT2D eigenvalue weighted by Crippen LogP contribution is -2.00. The van der Waals surface area contributed by atoms with Crippen molar-refractivity contribution in [3.8, 4) is 0 Å². The minimum atomic E-state index is -1.17. The van der Waals surface area contributed by atoms with E-state index in [-0.39, 0.29) is 17.6 Å². The van der Waals surface area contributed by atoms with Crippen LogP contribution in [0.5, 0.6) is 0 Å². The molecule has 1 aromatic carbocycles. The Kier molecular flexibility index (Phi) is 3.55. The number of aliphatic carboxylic acids is 1. The Morgan fingerprint density at radius 1 is 1.40 bits per heavy atom. The van der Waals surface area contributed by atoms with Crippen molar-refractivity contribution in [3.63, 3.8) is 0 Å². The summed E-state index contributed by atoms with van der Waals surface area (Å²) in [7, 11) is 0. The summed E-state index contributed by atoms with van der Waals surface area (Å²) in [5.74, 6) is -2.69. The topological polar surface area (TPSA) is 37.3 Å². The highest BCUT2D eigenvalue weighted by Crippen LogP contribution is 2.17. The van der Waals surface area contributed by atoms with Crippen LogP contribution in [-0.4, -0.2) is 11.1 Å². The van der Waals surface area contributed by atoms with Gasteiger partial charge in [0.1, 0.15) is 11.6 Å². The normalized spacial score (nSPS) is 11.5. The first-order chi connectivity index (χ1) is 7.06. The van der Waals surface area contributed by atoms with Gasteiger partial charge < -0.3 is 5.11 Å². The molecule has 0 fully saturated rings. The summed E-state index contributed by atoms with van der Waals surface area (Å²) in [6.45, 7) is 1.61. The summed E-state index contributed by atoms with van der Waals surface area (Å²) in [6.07, 6.45) is 1.23. The van der Waals surface area contributed by atoms with Gasteiger partial charge in [-0.25, -0.2) is 13.6 Å². The lowest BCUT2D eigenvalue weighted by atomic mass is 10.1. The zero-order chi connectivity index (χ0) is 11.4. The van der Waals surface area contributed by atoms with E-state index < -0.39 is 17.6 Å². The number of halogens is 2. The molecular formula is C11H10F2O2. The second-order valence-corrected chi connectivity index (χ2v) is 2.96. The summed E-state index contributed by atoms with van der Waals surface area (Å²) < 4.78 is 26.3. The molecule has 0 unspecified atom stereocenters. The van der Waals surface area contributed by atoms with Gasteiger partial charge in [-0.2, -0.15) is 0 Å². The quantitative estimate of drug-likeness (QED) is 0.782. The Bertz CT molecular complexity index is 391. The number of carbonyl (C=O) groups is 1. The van der Waals surface area contributed by atoms with Crippen LogP contribution in [0, 0.1) is 11.6 Å². The molecule has 0 atom stereocenters. The molecule has 0 radical (unpaired) electrons. The average Bonchev–Trinajstić information content (AvgIpc) is 2.17. The molecule has 80 valence electrons. The lowest BCUT2D eigenvalue weighted by molar-refractivity contribution is -0.132. The number of benzene rings is 1. The summed E-state index contributed by atoms with van der Waals surface area (Å²) >= 11 is 0. The van der Waals surface area contributed by atoms with Gasteiger partial charge in [-0.3, -0.25) is 0 Å². The summed E-state index contributed by atoms with van der Waals surface area (Å²) in [6, 6.07) is 3.41. The van der Waals surface area contributed by atoms with Crippen LogP contribution < -0.4 is 0 Å². The highest BCUT2D eigenvalue weighted by Gasteiger charge is 2.10. The largest absolute Gasteiger partial charge is 0.478 e. The van der Waals surface area contributed by atoms with Gasteiger partial charge in [-0.05, 0) is 24.6 Å². The van der Waals surface area contributed by atoms with Gasteiger partial charge in [0.25, 0.3) is 0 Å². The van der Waals surface area contributed by atoms with E-state index in [2.05, 4.69) is 0 Å². The second-order valence-electron chi connectivity index (χ2n) is 2.96. The van der Waals surface area contributed by atoms with Crippen molar-refractivity contribution >= 4 is 12.0 Å². The first kappa shape index (κ1) is 11.4. The summed E-state index contributed by atoms with van der Waals surface area (Å²) in [5, 5.41) is 8.70. The summed E-state index contributed by atoms with van der Waals surface area (Å²) in [4.78, 5) is 10.6.